The molecule has 0 aliphatic carbocycles. The maximum absolute atomic E-state index is 10.9. The molecule has 0 amide bonds. The number of phenolic OH excluding ortho intramolecular Hbond substituents is 1. The Morgan fingerprint density at radius 1 is 0.833 bits per heavy atom. The molecule has 0 fully saturated rings. The van der Waals surface area contributed by atoms with Crippen molar-refractivity contribution in [2.24, 2.45) is 0 Å². The van der Waals surface area contributed by atoms with Gasteiger partial charge in [0.15, 0.2) is 0 Å². The molecule has 2 aromatic carbocycles. The molecule has 0 atom stereocenters. The van der Waals surface area contributed by atoms with Crippen LogP contribution in [-0.2, 0) is 10.8 Å². The summed E-state index contributed by atoms with van der Waals surface area (Å²) in [5.41, 5.74) is 4.73. The Morgan fingerprint density at radius 2 is 1.38 bits per heavy atom. The van der Waals surface area contributed by atoms with E-state index in [2.05, 4.69) is 85.7 Å². The van der Waals surface area contributed by atoms with Crippen LogP contribution in [-0.4, -0.2) is 5.11 Å². The topological polar surface area (TPSA) is 20.2 Å². The Morgan fingerprint density at radius 3 is 1.83 bits per heavy atom. The molecular weight excluding hydrogens is 312 g/mol. The lowest BCUT2D eigenvalue weighted by Gasteiger charge is -2.27. The number of aryl methyl sites for hydroxylation is 2. The molecule has 0 heterocycles. The van der Waals surface area contributed by atoms with Crippen LogP contribution in [0.15, 0.2) is 40.1 Å². The third-order valence-corrected chi connectivity index (χ3v) is 5.75. The molecule has 1 N–H and O–H groups in total. The smallest absolute Gasteiger partial charge is 0.133 e. The Labute approximate surface area is 151 Å². The molecule has 0 unspecified atom stereocenters. The lowest BCUT2D eigenvalue weighted by atomic mass is 9.80. The quantitative estimate of drug-likeness (QED) is 0.651. The van der Waals surface area contributed by atoms with Crippen molar-refractivity contribution in [3.05, 3.63) is 52.6 Å². The van der Waals surface area contributed by atoms with E-state index in [9.17, 15) is 5.11 Å². The highest BCUT2D eigenvalue weighted by atomic mass is 32.2. The highest BCUT2D eigenvalue weighted by molar-refractivity contribution is 7.99. The summed E-state index contributed by atoms with van der Waals surface area (Å²) < 4.78 is 0. The number of hydrogen-bond acceptors (Lipinski definition) is 2. The second kappa shape index (κ2) is 6.48. The summed E-state index contributed by atoms with van der Waals surface area (Å²) in [4.78, 5) is 2.18. The van der Waals surface area contributed by atoms with E-state index in [0.29, 0.717) is 5.75 Å². The summed E-state index contributed by atoms with van der Waals surface area (Å²) >= 11 is 1.68. The summed E-state index contributed by atoms with van der Waals surface area (Å²) in [5, 5.41) is 10.9. The number of phenols is 1. The first kappa shape index (κ1) is 18.9. The first-order chi connectivity index (χ1) is 10.9. The van der Waals surface area contributed by atoms with Crippen molar-refractivity contribution in [1.82, 2.24) is 0 Å². The van der Waals surface area contributed by atoms with E-state index in [1.165, 1.54) is 21.6 Å². The zero-order chi connectivity index (χ0) is 18.3. The third kappa shape index (κ3) is 3.97. The molecule has 0 aliphatic rings. The number of benzene rings is 2. The second-order valence-electron chi connectivity index (χ2n) is 8.69. The predicted molar refractivity (Wildman–Crippen MR) is 106 cm³/mol. The van der Waals surface area contributed by atoms with Gasteiger partial charge in [0, 0.05) is 10.5 Å². The third-order valence-electron chi connectivity index (χ3n) is 4.37. The Kier molecular flexibility index (Phi) is 5.11. The minimum atomic E-state index is -0.0958. The van der Waals surface area contributed by atoms with Crippen LogP contribution < -0.4 is 0 Å². The molecular formula is C22H30OS. The van der Waals surface area contributed by atoms with Crippen LogP contribution in [0.5, 0.6) is 5.75 Å². The van der Waals surface area contributed by atoms with E-state index in [0.717, 1.165) is 10.5 Å². The predicted octanol–water partition coefficient (Wildman–Crippen LogP) is 6.76. The standard InChI is InChI=1S/C22H30OS/c1-14-10-9-11-15(2)20(14)24-18-13-16(21(3,4)5)12-17(19(18)23)22(6,7)8/h9-13,23H,1-8H3. The normalized spacial score (nSPS) is 12.5. The Hall–Kier alpha value is -1.41. The lowest BCUT2D eigenvalue weighted by Crippen LogP contribution is -2.16. The van der Waals surface area contributed by atoms with Crippen LogP contribution in [0.1, 0.15) is 63.8 Å². The molecule has 24 heavy (non-hydrogen) atoms. The second-order valence-corrected chi connectivity index (χ2v) is 9.75. The summed E-state index contributed by atoms with van der Waals surface area (Å²) in [6.45, 7) is 17.4. The van der Waals surface area contributed by atoms with E-state index in [1.807, 2.05) is 0 Å². The van der Waals surface area contributed by atoms with Gasteiger partial charge in [-0.1, -0.05) is 77.6 Å². The van der Waals surface area contributed by atoms with Gasteiger partial charge in [0.1, 0.15) is 5.75 Å². The monoisotopic (exact) mass is 342 g/mol. The largest absolute Gasteiger partial charge is 0.506 e. The van der Waals surface area contributed by atoms with Gasteiger partial charge in [-0.15, -0.1) is 0 Å². The molecule has 2 rings (SSSR count). The fraction of sp³-hybridized carbons (Fsp3) is 0.455. The summed E-state index contributed by atoms with van der Waals surface area (Å²) in [6, 6.07) is 10.7. The number of hydrogen-bond donors (Lipinski definition) is 1. The summed E-state index contributed by atoms with van der Waals surface area (Å²) in [6.07, 6.45) is 0. The van der Waals surface area contributed by atoms with Gasteiger partial charge in [-0.05, 0) is 47.4 Å². The van der Waals surface area contributed by atoms with Gasteiger partial charge in [-0.25, -0.2) is 0 Å². The molecule has 0 aliphatic heterocycles. The first-order valence-corrected chi connectivity index (χ1v) is 9.35. The van der Waals surface area contributed by atoms with Crippen molar-refractivity contribution in [3.8, 4) is 5.75 Å². The molecule has 0 bridgehead atoms. The average molecular weight is 343 g/mol. The molecule has 0 radical (unpaired) electrons. The van der Waals surface area contributed by atoms with Gasteiger partial charge < -0.3 is 5.11 Å². The molecule has 0 aromatic heterocycles. The van der Waals surface area contributed by atoms with E-state index >= 15 is 0 Å². The van der Waals surface area contributed by atoms with E-state index < -0.39 is 0 Å². The average Bonchev–Trinajstić information content (AvgIpc) is 2.42. The Bertz CT molecular complexity index is 726. The molecule has 0 saturated carbocycles. The van der Waals surface area contributed by atoms with Crippen molar-refractivity contribution < 1.29 is 5.11 Å². The minimum Gasteiger partial charge on any atom is -0.506 e. The van der Waals surface area contributed by atoms with Crippen molar-refractivity contribution in [2.75, 3.05) is 0 Å². The molecule has 0 saturated heterocycles. The van der Waals surface area contributed by atoms with Gasteiger partial charge >= 0.3 is 0 Å². The zero-order valence-electron chi connectivity index (χ0n) is 16.2. The zero-order valence-corrected chi connectivity index (χ0v) is 17.1. The van der Waals surface area contributed by atoms with E-state index in [4.69, 9.17) is 0 Å². The maximum Gasteiger partial charge on any atom is 0.133 e. The SMILES string of the molecule is Cc1cccc(C)c1Sc1cc(C(C)(C)C)cc(C(C)(C)C)c1O. The number of rotatable bonds is 2. The molecule has 2 heteroatoms. The van der Waals surface area contributed by atoms with Crippen molar-refractivity contribution in [1.29, 1.82) is 0 Å². The van der Waals surface area contributed by atoms with Gasteiger partial charge in [0.2, 0.25) is 0 Å². The highest BCUT2D eigenvalue weighted by Gasteiger charge is 2.25. The van der Waals surface area contributed by atoms with Crippen LogP contribution >= 0.6 is 11.8 Å². The van der Waals surface area contributed by atoms with Gasteiger partial charge in [-0.3, -0.25) is 0 Å². The van der Waals surface area contributed by atoms with Crippen molar-refractivity contribution in [3.63, 3.8) is 0 Å². The van der Waals surface area contributed by atoms with Crippen LogP contribution in [0.25, 0.3) is 0 Å². The van der Waals surface area contributed by atoms with Gasteiger partial charge in [-0.2, -0.15) is 0 Å². The number of aromatic hydroxyl groups is 1. The molecule has 1 nitrogen and oxygen atoms in total. The minimum absolute atomic E-state index is 0.0454. The van der Waals surface area contributed by atoms with Crippen LogP contribution in [0, 0.1) is 13.8 Å². The molecule has 130 valence electrons. The lowest BCUT2D eigenvalue weighted by molar-refractivity contribution is 0.432. The van der Waals surface area contributed by atoms with Crippen LogP contribution in [0.3, 0.4) is 0 Å². The van der Waals surface area contributed by atoms with Crippen LogP contribution in [0.2, 0.25) is 0 Å². The summed E-state index contributed by atoms with van der Waals surface area (Å²) in [7, 11) is 0. The van der Waals surface area contributed by atoms with Gasteiger partial charge in [0.05, 0.1) is 4.90 Å². The molecule has 0 spiro atoms. The molecule has 2 aromatic rings. The van der Waals surface area contributed by atoms with Gasteiger partial charge in [0.25, 0.3) is 0 Å². The van der Waals surface area contributed by atoms with Crippen molar-refractivity contribution >= 4 is 11.8 Å². The van der Waals surface area contributed by atoms with E-state index in [-0.39, 0.29) is 10.8 Å². The first-order valence-electron chi connectivity index (χ1n) is 8.53. The van der Waals surface area contributed by atoms with E-state index in [1.54, 1.807) is 11.8 Å². The maximum atomic E-state index is 10.9. The fourth-order valence-electron chi connectivity index (χ4n) is 2.76. The highest BCUT2D eigenvalue weighted by Crippen LogP contribution is 2.45. The van der Waals surface area contributed by atoms with Crippen LogP contribution in [0.4, 0.5) is 0 Å². The fourth-order valence-corrected chi connectivity index (χ4v) is 3.83. The Balaban J connectivity index is 2.65. The summed E-state index contributed by atoms with van der Waals surface area (Å²) in [5.74, 6) is 0.420. The van der Waals surface area contributed by atoms with Crippen molar-refractivity contribution in [2.45, 2.75) is 76.0 Å².